The molecule has 2 aliphatic heterocycles. The van der Waals surface area contributed by atoms with Crippen LogP contribution in [-0.2, 0) is 27.1 Å². The molecule has 12 nitrogen and oxygen atoms in total. The fraction of sp³-hybridized carbons (Fsp3) is 0.571. The van der Waals surface area contributed by atoms with E-state index in [-0.39, 0.29) is 18.6 Å². The Labute approximate surface area is 234 Å². The van der Waals surface area contributed by atoms with Crippen molar-refractivity contribution in [1.29, 1.82) is 0 Å². The summed E-state index contributed by atoms with van der Waals surface area (Å²) in [5.41, 5.74) is 4.89. The van der Waals surface area contributed by atoms with Gasteiger partial charge in [-0.15, -0.1) is 0 Å². The van der Waals surface area contributed by atoms with Crippen molar-refractivity contribution in [2.45, 2.75) is 39.2 Å². The minimum Gasteiger partial charge on any atom is -0.480 e. The Kier molecular flexibility index (Phi) is 8.98. The number of aryl methyl sites for hydroxylation is 1. The van der Waals surface area contributed by atoms with E-state index >= 15 is 0 Å². The minimum atomic E-state index is -0.436. The first kappa shape index (κ1) is 28.1. The molecule has 2 atom stereocenters. The summed E-state index contributed by atoms with van der Waals surface area (Å²) in [4.78, 5) is 34.7. The van der Waals surface area contributed by atoms with Crippen LogP contribution < -0.4 is 30.3 Å². The molecule has 1 fully saturated rings. The molecule has 0 bridgehead atoms. The molecule has 3 aliphatic rings. The molecule has 12 heteroatoms. The van der Waals surface area contributed by atoms with E-state index < -0.39 is 6.09 Å². The molecule has 4 heterocycles. The van der Waals surface area contributed by atoms with Gasteiger partial charge in [0.05, 0.1) is 13.2 Å². The molecule has 40 heavy (non-hydrogen) atoms. The van der Waals surface area contributed by atoms with Gasteiger partial charge in [-0.1, -0.05) is 0 Å². The number of hydrogen-bond acceptors (Lipinski definition) is 10. The normalized spacial score (nSPS) is 19.6. The van der Waals surface area contributed by atoms with Gasteiger partial charge in [-0.3, -0.25) is 9.69 Å². The molecule has 2 unspecified atom stereocenters. The lowest BCUT2D eigenvalue weighted by Crippen LogP contribution is -2.30. The number of cyclic esters (lactones) is 1. The lowest BCUT2D eigenvalue weighted by molar-refractivity contribution is -0.118. The van der Waals surface area contributed by atoms with Gasteiger partial charge >= 0.3 is 6.09 Å². The first-order chi connectivity index (χ1) is 19.4. The second-order valence-corrected chi connectivity index (χ2v) is 10.4. The number of anilines is 2. The Bertz CT molecular complexity index is 1240. The van der Waals surface area contributed by atoms with Crippen LogP contribution >= 0.6 is 0 Å². The van der Waals surface area contributed by atoms with Gasteiger partial charge in [-0.25, -0.2) is 14.8 Å². The van der Waals surface area contributed by atoms with Gasteiger partial charge in [0.15, 0.2) is 18.2 Å². The van der Waals surface area contributed by atoms with Crippen molar-refractivity contribution >= 4 is 23.6 Å². The third-order valence-electron chi connectivity index (χ3n) is 7.52. The third kappa shape index (κ3) is 6.45. The zero-order chi connectivity index (χ0) is 28.1. The number of carbonyl (C=O) groups excluding carboxylic acids is 2. The first-order valence-corrected chi connectivity index (χ1v) is 13.9. The van der Waals surface area contributed by atoms with E-state index in [0.29, 0.717) is 49.5 Å². The van der Waals surface area contributed by atoms with E-state index in [1.807, 2.05) is 0 Å². The first-order valence-electron chi connectivity index (χ1n) is 13.9. The number of amides is 2. The predicted octanol–water partition coefficient (Wildman–Crippen LogP) is 1.76. The Morgan fingerprint density at radius 3 is 2.75 bits per heavy atom. The van der Waals surface area contributed by atoms with Crippen molar-refractivity contribution in [3.05, 3.63) is 34.5 Å². The van der Waals surface area contributed by atoms with E-state index in [1.165, 1.54) is 16.0 Å². The van der Waals surface area contributed by atoms with E-state index in [9.17, 15) is 9.59 Å². The number of fused-ring (bicyclic) bond motifs is 2. The van der Waals surface area contributed by atoms with Crippen molar-refractivity contribution in [2.75, 3.05) is 69.9 Å². The molecular weight excluding hydrogens is 516 g/mol. The summed E-state index contributed by atoms with van der Waals surface area (Å²) in [5, 5.41) is 9.51. The number of nitrogens with one attached hydrogen (secondary N) is 3. The average Bonchev–Trinajstić information content (AvgIpc) is 3.55. The summed E-state index contributed by atoms with van der Waals surface area (Å²) in [6, 6.07) is 3.40. The Morgan fingerprint density at radius 2 is 1.90 bits per heavy atom. The molecule has 2 aromatic heterocycles. The Balaban J connectivity index is 1.06. The Hall–Kier alpha value is -3.48. The van der Waals surface area contributed by atoms with Crippen LogP contribution in [0.4, 0.5) is 16.4 Å². The fourth-order valence-corrected chi connectivity index (χ4v) is 5.41. The molecule has 0 saturated carbocycles. The molecule has 0 spiro atoms. The van der Waals surface area contributed by atoms with Crippen LogP contribution in [0.1, 0.15) is 28.8 Å². The number of hydrogen-bond donors (Lipinski definition) is 3. The van der Waals surface area contributed by atoms with Crippen molar-refractivity contribution < 1.29 is 28.5 Å². The lowest BCUT2D eigenvalue weighted by Gasteiger charge is -2.19. The van der Waals surface area contributed by atoms with E-state index in [4.69, 9.17) is 23.9 Å². The lowest BCUT2D eigenvalue weighted by atomic mass is 10.0. The number of methoxy groups -OCH3 is 1. The highest BCUT2D eigenvalue weighted by atomic mass is 16.6. The number of aromatic nitrogens is 2. The molecule has 1 aliphatic carbocycles. The molecule has 5 rings (SSSR count). The average molecular weight is 555 g/mol. The smallest absolute Gasteiger partial charge is 0.415 e. The topological polar surface area (TPSA) is 136 Å². The summed E-state index contributed by atoms with van der Waals surface area (Å²) < 4.78 is 22.0. The molecule has 0 aromatic carbocycles. The fourth-order valence-electron chi connectivity index (χ4n) is 5.41. The van der Waals surface area contributed by atoms with E-state index in [2.05, 4.69) is 34.8 Å². The number of rotatable bonds is 13. The van der Waals surface area contributed by atoms with Gasteiger partial charge in [0.25, 0.3) is 5.91 Å². The molecule has 3 N–H and O–H groups in total. The molecule has 216 valence electrons. The number of nitrogens with zero attached hydrogens (tertiary/aromatic N) is 3. The van der Waals surface area contributed by atoms with Gasteiger partial charge in [0.2, 0.25) is 5.88 Å². The maximum Gasteiger partial charge on any atom is 0.415 e. The van der Waals surface area contributed by atoms with Crippen LogP contribution in [0, 0.1) is 19.8 Å². The van der Waals surface area contributed by atoms with Crippen molar-refractivity contribution in [2.24, 2.45) is 5.92 Å². The Morgan fingerprint density at radius 1 is 1.07 bits per heavy atom. The van der Waals surface area contributed by atoms with Crippen LogP contribution in [0.5, 0.6) is 11.6 Å². The second kappa shape index (κ2) is 12.8. The monoisotopic (exact) mass is 554 g/mol. The van der Waals surface area contributed by atoms with Crippen LogP contribution in [0.3, 0.4) is 0 Å². The largest absolute Gasteiger partial charge is 0.480 e. The van der Waals surface area contributed by atoms with Gasteiger partial charge < -0.3 is 34.9 Å². The highest BCUT2D eigenvalue weighted by Crippen LogP contribution is 2.35. The summed E-state index contributed by atoms with van der Waals surface area (Å²) in [5.74, 6) is 2.18. The zero-order valence-corrected chi connectivity index (χ0v) is 23.4. The van der Waals surface area contributed by atoms with Crippen LogP contribution in [0.2, 0.25) is 0 Å². The van der Waals surface area contributed by atoms with Gasteiger partial charge in [-0.05, 0) is 75.4 Å². The third-order valence-corrected chi connectivity index (χ3v) is 7.52. The predicted molar refractivity (Wildman–Crippen MR) is 148 cm³/mol. The molecular formula is C28H38N6O6. The quantitative estimate of drug-likeness (QED) is 0.314. The van der Waals surface area contributed by atoms with Crippen molar-refractivity contribution in [1.82, 2.24) is 20.6 Å². The number of carbonyl (C=O) groups is 2. The zero-order valence-electron chi connectivity index (χ0n) is 23.4. The second-order valence-electron chi connectivity index (χ2n) is 10.4. The maximum atomic E-state index is 12.5. The highest BCUT2D eigenvalue weighted by Gasteiger charge is 2.34. The summed E-state index contributed by atoms with van der Waals surface area (Å²) >= 11 is 0. The summed E-state index contributed by atoms with van der Waals surface area (Å²) in [7, 11) is 1.69. The SMILES string of the molecule is COCCNCCOc1nc(C)c2c(c1C)CC(CNCCC1CN(c3ccc4c(n3)NC(=O)CO4)C(=O)O1)C2. The standard InChI is InChI=1S/C28H38N6O6/c1-17-21-12-19(13-22(21)18(2)31-27(17)38-11-9-29-8-10-37-3)14-30-7-6-20-15-34(28(36)40-20)24-5-4-23-26(32-24)33-25(35)16-39-23/h4-5,19-20,29-30H,6-16H2,1-3H3,(H,32,33,35). The summed E-state index contributed by atoms with van der Waals surface area (Å²) in [6.45, 7) is 8.95. The van der Waals surface area contributed by atoms with Gasteiger partial charge in [0, 0.05) is 31.5 Å². The van der Waals surface area contributed by atoms with Crippen LogP contribution in [0.15, 0.2) is 12.1 Å². The maximum absolute atomic E-state index is 12.5. The van der Waals surface area contributed by atoms with Gasteiger partial charge in [0.1, 0.15) is 18.5 Å². The number of pyridine rings is 2. The molecule has 2 aromatic rings. The van der Waals surface area contributed by atoms with Crippen LogP contribution in [-0.4, -0.2) is 87.7 Å². The van der Waals surface area contributed by atoms with E-state index in [1.54, 1.807) is 19.2 Å². The van der Waals surface area contributed by atoms with Gasteiger partial charge in [-0.2, -0.15) is 0 Å². The number of ether oxygens (including phenoxy) is 4. The van der Waals surface area contributed by atoms with Crippen molar-refractivity contribution in [3.63, 3.8) is 0 Å². The highest BCUT2D eigenvalue weighted by molar-refractivity contribution is 5.95. The van der Waals surface area contributed by atoms with Crippen molar-refractivity contribution in [3.8, 4) is 11.6 Å². The minimum absolute atomic E-state index is 0.0404. The molecule has 1 saturated heterocycles. The summed E-state index contributed by atoms with van der Waals surface area (Å²) in [6.07, 6.45) is 2.02. The van der Waals surface area contributed by atoms with Crippen LogP contribution in [0.25, 0.3) is 0 Å². The molecule has 2 amide bonds. The van der Waals surface area contributed by atoms with E-state index in [0.717, 1.165) is 56.2 Å². The molecule has 0 radical (unpaired) electrons.